The molecule has 7 heteroatoms. The van der Waals surface area contributed by atoms with E-state index in [0.717, 1.165) is 19.3 Å². The Morgan fingerprint density at radius 1 is 1.52 bits per heavy atom. The average Bonchev–Trinajstić information content (AvgIpc) is 3.08. The quantitative estimate of drug-likeness (QED) is 0.672. The third-order valence-electron chi connectivity index (χ3n) is 4.46. The summed E-state index contributed by atoms with van der Waals surface area (Å²) in [7, 11) is 0. The van der Waals surface area contributed by atoms with Gasteiger partial charge < -0.3 is 15.2 Å². The Bertz CT molecular complexity index is 579. The molecule has 0 aromatic carbocycles. The van der Waals surface area contributed by atoms with Crippen molar-refractivity contribution in [2.45, 2.75) is 38.3 Å². The first-order valence-electron chi connectivity index (χ1n) is 7.38. The maximum atomic E-state index is 12.7. The van der Waals surface area contributed by atoms with E-state index < -0.39 is 4.92 Å². The zero-order chi connectivity index (χ0) is 15.1. The number of carbonyl (C=O) groups excluding carboxylic acids is 1. The Balaban J connectivity index is 1.88. The Hall–Kier alpha value is -1.89. The Labute approximate surface area is 122 Å². The van der Waals surface area contributed by atoms with E-state index in [2.05, 4.69) is 0 Å². The van der Waals surface area contributed by atoms with Gasteiger partial charge in [0, 0.05) is 24.7 Å². The number of nitro groups is 1. The molecule has 2 unspecified atom stereocenters. The molecule has 1 aliphatic carbocycles. The number of rotatable bonds is 4. The van der Waals surface area contributed by atoms with Crippen molar-refractivity contribution in [3.8, 4) is 0 Å². The number of aromatic nitrogens is 1. The van der Waals surface area contributed by atoms with Gasteiger partial charge in [0.2, 0.25) is 0 Å². The minimum atomic E-state index is -0.439. The summed E-state index contributed by atoms with van der Waals surface area (Å²) in [6, 6.07) is 1.77. The lowest BCUT2D eigenvalue weighted by Crippen LogP contribution is -2.35. The van der Waals surface area contributed by atoms with E-state index in [-0.39, 0.29) is 23.7 Å². The lowest BCUT2D eigenvalue weighted by molar-refractivity contribution is -0.384. The van der Waals surface area contributed by atoms with Crippen molar-refractivity contribution in [1.29, 1.82) is 0 Å². The molecule has 1 saturated carbocycles. The highest BCUT2D eigenvalue weighted by molar-refractivity contribution is 5.94. The topological polar surface area (TPSA) is 94.4 Å². The minimum Gasteiger partial charge on any atom is -0.334 e. The van der Waals surface area contributed by atoms with Crippen LogP contribution >= 0.6 is 0 Å². The van der Waals surface area contributed by atoms with Crippen LogP contribution in [0.5, 0.6) is 0 Å². The van der Waals surface area contributed by atoms with Gasteiger partial charge in [-0.25, -0.2) is 0 Å². The van der Waals surface area contributed by atoms with E-state index in [1.54, 1.807) is 9.47 Å². The molecular formula is C14H20N4O3. The second kappa shape index (κ2) is 5.14. The first-order valence-corrected chi connectivity index (χ1v) is 7.38. The van der Waals surface area contributed by atoms with Crippen LogP contribution in [0.4, 0.5) is 5.69 Å². The number of likely N-dealkylation sites (tertiary alicyclic amines) is 1. The molecule has 1 aromatic rings. The van der Waals surface area contributed by atoms with Crippen molar-refractivity contribution < 1.29 is 9.72 Å². The van der Waals surface area contributed by atoms with Gasteiger partial charge in [-0.05, 0) is 38.6 Å². The Morgan fingerprint density at radius 2 is 2.24 bits per heavy atom. The first kappa shape index (κ1) is 14.1. The third kappa shape index (κ3) is 2.53. The van der Waals surface area contributed by atoms with Crippen LogP contribution in [0.2, 0.25) is 0 Å². The molecule has 2 N–H and O–H groups in total. The molecule has 1 aromatic heterocycles. The summed E-state index contributed by atoms with van der Waals surface area (Å²) in [5.74, 6) is 0.210. The lowest BCUT2D eigenvalue weighted by atomic mass is 10.1. The molecule has 3 rings (SSSR count). The van der Waals surface area contributed by atoms with Crippen LogP contribution in [-0.2, 0) is 0 Å². The molecule has 0 radical (unpaired) electrons. The second-order valence-corrected chi connectivity index (χ2v) is 6.12. The molecule has 1 amide bonds. The van der Waals surface area contributed by atoms with Gasteiger partial charge in [0.1, 0.15) is 5.69 Å². The van der Waals surface area contributed by atoms with Crippen molar-refractivity contribution in [2.24, 2.45) is 11.7 Å². The standard InChI is InChI=1S/C14H20N4O3/c1-9-4-10(6-15)7-16(9)14(19)13-5-12(18(20)21)8-17(13)11-2-3-11/h5,8-11H,2-4,6-7,15H2,1H3. The van der Waals surface area contributed by atoms with Crippen LogP contribution in [0.3, 0.4) is 0 Å². The number of amides is 1. The van der Waals surface area contributed by atoms with E-state index in [1.807, 2.05) is 6.92 Å². The maximum absolute atomic E-state index is 12.7. The van der Waals surface area contributed by atoms with E-state index in [1.165, 1.54) is 12.3 Å². The molecule has 0 bridgehead atoms. The molecule has 1 aliphatic heterocycles. The molecule has 2 aliphatic rings. The van der Waals surface area contributed by atoms with Crippen LogP contribution < -0.4 is 5.73 Å². The highest BCUT2D eigenvalue weighted by Crippen LogP contribution is 2.38. The van der Waals surface area contributed by atoms with E-state index in [9.17, 15) is 14.9 Å². The SMILES string of the molecule is CC1CC(CN)CN1C(=O)c1cc([N+](=O)[O-])cn1C1CC1. The highest BCUT2D eigenvalue weighted by Gasteiger charge is 2.36. The number of hydrogen-bond acceptors (Lipinski definition) is 4. The van der Waals surface area contributed by atoms with E-state index in [0.29, 0.717) is 24.7 Å². The molecule has 0 spiro atoms. The summed E-state index contributed by atoms with van der Waals surface area (Å²) in [4.78, 5) is 25.1. The predicted octanol–water partition coefficient (Wildman–Crippen LogP) is 1.54. The van der Waals surface area contributed by atoms with E-state index >= 15 is 0 Å². The van der Waals surface area contributed by atoms with Crippen molar-refractivity contribution >= 4 is 11.6 Å². The molecular weight excluding hydrogens is 272 g/mol. The highest BCUT2D eigenvalue weighted by atomic mass is 16.6. The van der Waals surface area contributed by atoms with Crippen molar-refractivity contribution in [3.05, 3.63) is 28.1 Å². The number of carbonyl (C=O) groups is 1. The van der Waals surface area contributed by atoms with Gasteiger partial charge in [-0.2, -0.15) is 0 Å². The van der Waals surface area contributed by atoms with Crippen molar-refractivity contribution in [1.82, 2.24) is 9.47 Å². The summed E-state index contributed by atoms with van der Waals surface area (Å²) in [6.07, 6.45) is 4.35. The van der Waals surface area contributed by atoms with Gasteiger partial charge in [0.15, 0.2) is 0 Å². The predicted molar refractivity (Wildman–Crippen MR) is 77.0 cm³/mol. The fourth-order valence-electron chi connectivity index (χ4n) is 3.13. The van der Waals surface area contributed by atoms with Crippen LogP contribution in [0.15, 0.2) is 12.3 Å². The fourth-order valence-corrected chi connectivity index (χ4v) is 3.13. The van der Waals surface area contributed by atoms with Crippen molar-refractivity contribution in [3.63, 3.8) is 0 Å². The maximum Gasteiger partial charge on any atom is 0.287 e. The molecule has 2 fully saturated rings. The Morgan fingerprint density at radius 3 is 2.76 bits per heavy atom. The minimum absolute atomic E-state index is 0.00697. The smallest absolute Gasteiger partial charge is 0.287 e. The van der Waals surface area contributed by atoms with E-state index in [4.69, 9.17) is 5.73 Å². The number of nitrogens with zero attached hydrogens (tertiary/aromatic N) is 3. The van der Waals surface area contributed by atoms with Crippen LogP contribution in [-0.4, -0.2) is 39.4 Å². The second-order valence-electron chi connectivity index (χ2n) is 6.12. The summed E-state index contributed by atoms with van der Waals surface area (Å²) in [6.45, 7) is 3.21. The van der Waals surface area contributed by atoms with Gasteiger partial charge >= 0.3 is 0 Å². The number of hydrogen-bond donors (Lipinski definition) is 1. The molecule has 7 nitrogen and oxygen atoms in total. The fraction of sp³-hybridized carbons (Fsp3) is 0.643. The molecule has 2 heterocycles. The normalized spacial score (nSPS) is 25.3. The van der Waals surface area contributed by atoms with Crippen LogP contribution in [0, 0.1) is 16.0 Å². The Kier molecular flexibility index (Phi) is 3.44. The molecule has 114 valence electrons. The molecule has 2 atom stereocenters. The first-order chi connectivity index (χ1) is 10.0. The molecule has 1 saturated heterocycles. The third-order valence-corrected chi connectivity index (χ3v) is 4.46. The van der Waals surface area contributed by atoms with Gasteiger partial charge in [-0.3, -0.25) is 14.9 Å². The molecule has 21 heavy (non-hydrogen) atoms. The van der Waals surface area contributed by atoms with Crippen LogP contribution in [0.25, 0.3) is 0 Å². The van der Waals surface area contributed by atoms with Gasteiger partial charge in [0.05, 0.1) is 11.1 Å². The van der Waals surface area contributed by atoms with Crippen molar-refractivity contribution in [2.75, 3.05) is 13.1 Å². The largest absolute Gasteiger partial charge is 0.334 e. The summed E-state index contributed by atoms with van der Waals surface area (Å²) >= 11 is 0. The van der Waals surface area contributed by atoms with Gasteiger partial charge in [-0.15, -0.1) is 0 Å². The van der Waals surface area contributed by atoms with Gasteiger partial charge in [0.25, 0.3) is 11.6 Å². The lowest BCUT2D eigenvalue weighted by Gasteiger charge is -2.22. The monoisotopic (exact) mass is 292 g/mol. The summed E-state index contributed by atoms with van der Waals surface area (Å²) in [5.41, 5.74) is 6.13. The summed E-state index contributed by atoms with van der Waals surface area (Å²) in [5, 5.41) is 11.0. The number of nitrogens with two attached hydrogens (primary N) is 1. The summed E-state index contributed by atoms with van der Waals surface area (Å²) < 4.78 is 1.78. The van der Waals surface area contributed by atoms with Gasteiger partial charge in [-0.1, -0.05) is 0 Å². The average molecular weight is 292 g/mol. The zero-order valence-electron chi connectivity index (χ0n) is 12.1. The zero-order valence-corrected chi connectivity index (χ0v) is 12.1. The van der Waals surface area contributed by atoms with Crippen LogP contribution in [0.1, 0.15) is 42.7 Å².